The van der Waals surface area contributed by atoms with Gasteiger partial charge in [-0.05, 0) is 70.0 Å². The monoisotopic (exact) mass is 516 g/mol. The van der Waals surface area contributed by atoms with Crippen LogP contribution in [-0.4, -0.2) is 23.8 Å². The van der Waals surface area contributed by atoms with Crippen molar-refractivity contribution in [3.8, 4) is 0 Å². The Morgan fingerprint density at radius 1 is 1.25 bits per heavy atom. The maximum atomic E-state index is 11.7. The largest absolute Gasteiger partial charge is 0.448 e. The van der Waals surface area contributed by atoms with E-state index >= 15 is 0 Å². The van der Waals surface area contributed by atoms with Crippen molar-refractivity contribution in [2.45, 2.75) is 38.8 Å². The Bertz CT molecular complexity index is 808. The van der Waals surface area contributed by atoms with Crippen LogP contribution in [0.2, 0.25) is 5.02 Å². The van der Waals surface area contributed by atoms with Crippen molar-refractivity contribution < 1.29 is 14.6 Å². The topological polar surface area (TPSA) is 84.6 Å². The molecule has 0 aliphatic heterocycles. The van der Waals surface area contributed by atoms with Crippen LogP contribution in [0.15, 0.2) is 48.5 Å². The van der Waals surface area contributed by atoms with E-state index in [1.807, 2.05) is 57.2 Å². The van der Waals surface area contributed by atoms with E-state index < -0.39 is 17.1 Å². The van der Waals surface area contributed by atoms with Crippen molar-refractivity contribution in [1.82, 2.24) is 0 Å². The van der Waals surface area contributed by atoms with Gasteiger partial charge in [-0.1, -0.05) is 44.5 Å². The number of carbonyl (C=O) groups is 1. The van der Waals surface area contributed by atoms with Crippen LogP contribution in [0.1, 0.15) is 32.8 Å². The third kappa shape index (κ3) is 5.99. The van der Waals surface area contributed by atoms with Gasteiger partial charge in [0, 0.05) is 20.7 Å². The van der Waals surface area contributed by atoms with E-state index in [9.17, 15) is 9.90 Å². The molecule has 2 atom stereocenters. The predicted octanol–water partition coefficient (Wildman–Crippen LogP) is 5.14. The second-order valence-electron chi connectivity index (χ2n) is 7.80. The summed E-state index contributed by atoms with van der Waals surface area (Å²) in [5, 5.41) is 15.6. The lowest BCUT2D eigenvalue weighted by molar-refractivity contribution is -0.0771. The van der Waals surface area contributed by atoms with E-state index in [0.29, 0.717) is 10.6 Å². The van der Waals surface area contributed by atoms with Gasteiger partial charge < -0.3 is 20.9 Å². The average Bonchev–Trinajstić information content (AvgIpc) is 2.60. The van der Waals surface area contributed by atoms with Crippen molar-refractivity contribution in [3.63, 3.8) is 0 Å². The molecule has 0 saturated carbocycles. The first-order chi connectivity index (χ1) is 13.0. The third-order valence-electron chi connectivity index (χ3n) is 4.73. The van der Waals surface area contributed by atoms with Gasteiger partial charge in [0.1, 0.15) is 6.61 Å². The fourth-order valence-corrected chi connectivity index (χ4v) is 3.63. The molecule has 0 spiro atoms. The Labute approximate surface area is 184 Å². The lowest BCUT2D eigenvalue weighted by Crippen LogP contribution is -2.46. The molecular weight excluding hydrogens is 491 g/mol. The fourth-order valence-electron chi connectivity index (χ4n) is 3.08. The number of hydrogen-bond donors (Lipinski definition) is 3. The predicted molar refractivity (Wildman–Crippen MR) is 122 cm³/mol. The zero-order chi connectivity index (χ0) is 20.9. The standard InChI is InChI=1S/C21H26ClIN2O3/c1-20(2,3)21(27,14-5-4-6-15(22)11-14)12-18(13-28-19(24)26)25-17-9-7-16(23)8-10-17/h4-11,18,25,27H,12-13H2,1-3H3,(H2,24,26)/t18?,21-/m0/s1. The SMILES string of the molecule is CC(C)(C)[C@](O)(CC(COC(N)=O)Nc1ccc(I)cc1)c1cccc(Cl)c1. The Kier molecular flexibility index (Phi) is 7.59. The lowest BCUT2D eigenvalue weighted by atomic mass is 9.69. The van der Waals surface area contributed by atoms with Gasteiger partial charge in [-0.25, -0.2) is 4.79 Å². The van der Waals surface area contributed by atoms with Crippen molar-refractivity contribution in [1.29, 1.82) is 0 Å². The Balaban J connectivity index is 2.35. The number of nitrogens with two attached hydrogens (primary N) is 1. The number of hydrogen-bond acceptors (Lipinski definition) is 4. The van der Waals surface area contributed by atoms with E-state index in [2.05, 4.69) is 27.9 Å². The Morgan fingerprint density at radius 2 is 1.89 bits per heavy atom. The zero-order valence-electron chi connectivity index (χ0n) is 16.2. The first-order valence-electron chi connectivity index (χ1n) is 8.94. The molecule has 1 amide bonds. The van der Waals surface area contributed by atoms with Gasteiger partial charge in [-0.3, -0.25) is 0 Å². The van der Waals surface area contributed by atoms with Crippen LogP contribution < -0.4 is 11.1 Å². The lowest BCUT2D eigenvalue weighted by Gasteiger charge is -2.43. The number of aliphatic hydroxyl groups is 1. The molecule has 0 aromatic heterocycles. The molecule has 7 heteroatoms. The van der Waals surface area contributed by atoms with Crippen LogP contribution in [-0.2, 0) is 10.3 Å². The Hall–Kier alpha value is -1.51. The van der Waals surface area contributed by atoms with E-state index in [1.54, 1.807) is 12.1 Å². The van der Waals surface area contributed by atoms with Crippen molar-refractivity contribution in [2.75, 3.05) is 11.9 Å². The smallest absolute Gasteiger partial charge is 0.404 e. The second-order valence-corrected chi connectivity index (χ2v) is 9.49. The summed E-state index contributed by atoms with van der Waals surface area (Å²) in [7, 11) is 0. The Morgan fingerprint density at radius 3 is 2.43 bits per heavy atom. The molecule has 28 heavy (non-hydrogen) atoms. The number of anilines is 1. The van der Waals surface area contributed by atoms with Crippen molar-refractivity contribution >= 4 is 46.0 Å². The summed E-state index contributed by atoms with van der Waals surface area (Å²) < 4.78 is 6.17. The number of ether oxygens (including phenoxy) is 1. The maximum absolute atomic E-state index is 11.7. The highest BCUT2D eigenvalue weighted by molar-refractivity contribution is 14.1. The normalized spacial score (nSPS) is 14.8. The van der Waals surface area contributed by atoms with E-state index in [1.165, 1.54) is 0 Å². The first-order valence-corrected chi connectivity index (χ1v) is 10.4. The molecule has 0 radical (unpaired) electrons. The number of amides is 1. The molecule has 0 bridgehead atoms. The summed E-state index contributed by atoms with van der Waals surface area (Å²) in [4.78, 5) is 11.2. The molecule has 0 saturated heterocycles. The highest BCUT2D eigenvalue weighted by Gasteiger charge is 2.43. The minimum Gasteiger partial charge on any atom is -0.448 e. The second kappa shape index (κ2) is 9.33. The minimum absolute atomic E-state index is 0.0281. The summed E-state index contributed by atoms with van der Waals surface area (Å²) in [6.07, 6.45) is -0.563. The molecule has 0 aliphatic rings. The first kappa shape index (κ1) is 22.8. The summed E-state index contributed by atoms with van der Waals surface area (Å²) >= 11 is 8.40. The number of primary amides is 1. The third-order valence-corrected chi connectivity index (χ3v) is 5.68. The highest BCUT2D eigenvalue weighted by Crippen LogP contribution is 2.43. The number of carbonyl (C=O) groups excluding carboxylic acids is 1. The van der Waals surface area contributed by atoms with Crippen LogP contribution >= 0.6 is 34.2 Å². The summed E-state index contributed by atoms with van der Waals surface area (Å²) in [6.45, 7) is 5.92. The summed E-state index contributed by atoms with van der Waals surface area (Å²) in [5.74, 6) is 0. The molecule has 2 aromatic carbocycles. The van der Waals surface area contributed by atoms with Gasteiger partial charge in [0.25, 0.3) is 0 Å². The maximum Gasteiger partial charge on any atom is 0.404 e. The molecule has 2 rings (SSSR count). The van der Waals surface area contributed by atoms with Crippen molar-refractivity contribution in [2.24, 2.45) is 11.1 Å². The molecule has 0 aliphatic carbocycles. The van der Waals surface area contributed by atoms with Crippen LogP contribution in [0.3, 0.4) is 0 Å². The molecule has 4 N–H and O–H groups in total. The van der Waals surface area contributed by atoms with Gasteiger partial charge in [0.2, 0.25) is 0 Å². The molecular formula is C21H26ClIN2O3. The quantitative estimate of drug-likeness (QED) is 0.445. The van der Waals surface area contributed by atoms with Gasteiger partial charge in [0.15, 0.2) is 0 Å². The molecule has 1 unspecified atom stereocenters. The number of halogens is 2. The molecule has 0 heterocycles. The number of nitrogens with one attached hydrogen (secondary N) is 1. The molecule has 5 nitrogen and oxygen atoms in total. The van der Waals surface area contributed by atoms with Crippen LogP contribution in [0, 0.1) is 8.99 Å². The molecule has 2 aromatic rings. The summed E-state index contributed by atoms with van der Waals surface area (Å²) in [6, 6.07) is 14.7. The zero-order valence-corrected chi connectivity index (χ0v) is 19.1. The van der Waals surface area contributed by atoms with Crippen LogP contribution in [0.25, 0.3) is 0 Å². The fraction of sp³-hybridized carbons (Fsp3) is 0.381. The van der Waals surface area contributed by atoms with Crippen LogP contribution in [0.5, 0.6) is 0 Å². The summed E-state index contributed by atoms with van der Waals surface area (Å²) in [5.41, 5.74) is 5.01. The van der Waals surface area contributed by atoms with Gasteiger partial charge in [-0.15, -0.1) is 0 Å². The van der Waals surface area contributed by atoms with Crippen LogP contribution in [0.4, 0.5) is 10.5 Å². The van der Waals surface area contributed by atoms with Gasteiger partial charge in [0.05, 0.1) is 11.6 Å². The minimum atomic E-state index is -1.22. The van der Waals surface area contributed by atoms with E-state index in [-0.39, 0.29) is 19.1 Å². The highest BCUT2D eigenvalue weighted by atomic mass is 127. The molecule has 152 valence electrons. The van der Waals surface area contributed by atoms with E-state index in [0.717, 1.165) is 9.26 Å². The van der Waals surface area contributed by atoms with Gasteiger partial charge in [-0.2, -0.15) is 0 Å². The average molecular weight is 517 g/mol. The number of benzene rings is 2. The van der Waals surface area contributed by atoms with E-state index in [4.69, 9.17) is 22.1 Å². The number of rotatable bonds is 7. The van der Waals surface area contributed by atoms with Crippen molar-refractivity contribution in [3.05, 3.63) is 62.7 Å². The van der Waals surface area contributed by atoms with Gasteiger partial charge >= 0.3 is 6.09 Å². The molecule has 0 fully saturated rings.